The molecule has 2 rings (SSSR count). The van der Waals surface area contributed by atoms with Gasteiger partial charge >= 0.3 is 0 Å². The predicted octanol–water partition coefficient (Wildman–Crippen LogP) is 2.49. The van der Waals surface area contributed by atoms with E-state index < -0.39 is 0 Å². The zero-order valence-corrected chi connectivity index (χ0v) is 11.0. The molecule has 0 aliphatic rings. The Labute approximate surface area is 108 Å². The highest BCUT2D eigenvalue weighted by atomic mass is 79.9. The fraction of sp³-hybridized carbons (Fsp3) is 0.250. The zero-order valence-electron chi connectivity index (χ0n) is 9.45. The van der Waals surface area contributed by atoms with E-state index in [1.807, 2.05) is 17.7 Å². The van der Waals surface area contributed by atoms with E-state index >= 15 is 0 Å². The monoisotopic (exact) mass is 297 g/mol. The SMILES string of the molecule is Cn1c(CCN)nc(-c2cccc(F)c2)c1Br. The summed E-state index contributed by atoms with van der Waals surface area (Å²) in [6, 6.07) is 6.40. The van der Waals surface area contributed by atoms with Crippen molar-refractivity contribution in [3.8, 4) is 11.3 Å². The Hall–Kier alpha value is -1.20. The van der Waals surface area contributed by atoms with E-state index in [1.54, 1.807) is 6.07 Å². The van der Waals surface area contributed by atoms with Crippen LogP contribution in [0.2, 0.25) is 0 Å². The minimum atomic E-state index is -0.263. The van der Waals surface area contributed by atoms with Crippen LogP contribution in [0, 0.1) is 5.82 Å². The minimum Gasteiger partial charge on any atom is -0.330 e. The zero-order chi connectivity index (χ0) is 12.4. The summed E-state index contributed by atoms with van der Waals surface area (Å²) in [5.41, 5.74) is 7.03. The summed E-state index contributed by atoms with van der Waals surface area (Å²) in [5.74, 6) is 0.624. The standard InChI is InChI=1S/C12H13BrFN3/c1-17-10(5-6-15)16-11(12(17)13)8-3-2-4-9(14)7-8/h2-4,7H,5-6,15H2,1H3. The third kappa shape index (κ3) is 2.40. The number of halogens is 2. The third-order valence-corrected chi connectivity index (χ3v) is 3.49. The van der Waals surface area contributed by atoms with Gasteiger partial charge in [0.25, 0.3) is 0 Å². The molecule has 5 heteroatoms. The first-order valence-corrected chi connectivity index (χ1v) is 6.10. The fourth-order valence-corrected chi connectivity index (χ4v) is 2.22. The molecule has 0 bridgehead atoms. The van der Waals surface area contributed by atoms with Crippen molar-refractivity contribution in [2.75, 3.05) is 6.54 Å². The van der Waals surface area contributed by atoms with Gasteiger partial charge in [-0.05, 0) is 34.6 Å². The van der Waals surface area contributed by atoms with Gasteiger partial charge in [-0.25, -0.2) is 9.37 Å². The second-order valence-corrected chi connectivity index (χ2v) is 4.53. The number of imidazole rings is 1. The van der Waals surface area contributed by atoms with Crippen LogP contribution in [0.3, 0.4) is 0 Å². The van der Waals surface area contributed by atoms with Gasteiger partial charge in [0.15, 0.2) is 0 Å². The normalized spacial score (nSPS) is 10.8. The van der Waals surface area contributed by atoms with Crippen molar-refractivity contribution in [3.63, 3.8) is 0 Å². The molecule has 2 aromatic rings. The molecule has 0 aliphatic carbocycles. The molecule has 0 atom stereocenters. The van der Waals surface area contributed by atoms with Gasteiger partial charge < -0.3 is 10.3 Å². The summed E-state index contributed by atoms with van der Waals surface area (Å²) in [7, 11) is 1.91. The quantitative estimate of drug-likeness (QED) is 0.946. The van der Waals surface area contributed by atoms with Crippen molar-refractivity contribution in [2.45, 2.75) is 6.42 Å². The lowest BCUT2D eigenvalue weighted by Crippen LogP contribution is -2.07. The molecule has 0 radical (unpaired) electrons. The van der Waals surface area contributed by atoms with E-state index in [1.165, 1.54) is 12.1 Å². The Morgan fingerprint density at radius 1 is 1.47 bits per heavy atom. The van der Waals surface area contributed by atoms with Gasteiger partial charge in [0.2, 0.25) is 0 Å². The highest BCUT2D eigenvalue weighted by Crippen LogP contribution is 2.28. The number of hydrogen-bond acceptors (Lipinski definition) is 2. The smallest absolute Gasteiger partial charge is 0.123 e. The molecular formula is C12H13BrFN3. The minimum absolute atomic E-state index is 0.263. The first-order valence-electron chi connectivity index (χ1n) is 5.30. The number of aromatic nitrogens is 2. The molecule has 0 unspecified atom stereocenters. The van der Waals surface area contributed by atoms with E-state index in [9.17, 15) is 4.39 Å². The summed E-state index contributed by atoms with van der Waals surface area (Å²) in [6.07, 6.45) is 0.699. The predicted molar refractivity (Wildman–Crippen MR) is 69.1 cm³/mol. The van der Waals surface area contributed by atoms with Gasteiger partial charge in [-0.3, -0.25) is 0 Å². The summed E-state index contributed by atoms with van der Waals surface area (Å²) in [6.45, 7) is 0.542. The van der Waals surface area contributed by atoms with Crippen LogP contribution in [-0.2, 0) is 13.5 Å². The van der Waals surface area contributed by atoms with Crippen molar-refractivity contribution < 1.29 is 4.39 Å². The van der Waals surface area contributed by atoms with E-state index in [0.29, 0.717) is 13.0 Å². The Kier molecular flexibility index (Phi) is 3.59. The van der Waals surface area contributed by atoms with E-state index in [0.717, 1.165) is 21.7 Å². The van der Waals surface area contributed by atoms with Gasteiger partial charge in [-0.1, -0.05) is 12.1 Å². The van der Waals surface area contributed by atoms with Crippen LogP contribution < -0.4 is 5.73 Å². The third-order valence-electron chi connectivity index (χ3n) is 2.58. The van der Waals surface area contributed by atoms with Gasteiger partial charge in [-0.2, -0.15) is 0 Å². The fourth-order valence-electron chi connectivity index (χ4n) is 1.69. The molecule has 90 valence electrons. The number of benzene rings is 1. The Morgan fingerprint density at radius 2 is 2.24 bits per heavy atom. The first-order chi connectivity index (χ1) is 8.13. The van der Waals surface area contributed by atoms with Crippen molar-refractivity contribution in [2.24, 2.45) is 12.8 Å². The van der Waals surface area contributed by atoms with Crippen molar-refractivity contribution >= 4 is 15.9 Å². The number of hydrogen-bond donors (Lipinski definition) is 1. The number of nitrogens with zero attached hydrogens (tertiary/aromatic N) is 2. The van der Waals surface area contributed by atoms with Gasteiger partial charge in [0.1, 0.15) is 21.9 Å². The van der Waals surface area contributed by atoms with Crippen molar-refractivity contribution in [1.82, 2.24) is 9.55 Å². The highest BCUT2D eigenvalue weighted by Gasteiger charge is 2.13. The second-order valence-electron chi connectivity index (χ2n) is 3.78. The molecule has 0 saturated heterocycles. The molecule has 0 spiro atoms. The molecule has 1 aromatic carbocycles. The van der Waals surface area contributed by atoms with Crippen LogP contribution in [0.25, 0.3) is 11.3 Å². The van der Waals surface area contributed by atoms with E-state index in [4.69, 9.17) is 5.73 Å². The van der Waals surface area contributed by atoms with Crippen LogP contribution in [0.5, 0.6) is 0 Å². The molecule has 0 aliphatic heterocycles. The maximum atomic E-state index is 13.2. The van der Waals surface area contributed by atoms with E-state index in [-0.39, 0.29) is 5.82 Å². The maximum absolute atomic E-state index is 13.2. The maximum Gasteiger partial charge on any atom is 0.123 e. The topological polar surface area (TPSA) is 43.8 Å². The largest absolute Gasteiger partial charge is 0.330 e. The molecule has 3 nitrogen and oxygen atoms in total. The Bertz CT molecular complexity index is 537. The Morgan fingerprint density at radius 3 is 2.88 bits per heavy atom. The first kappa shape index (κ1) is 12.3. The van der Waals surface area contributed by atoms with Gasteiger partial charge in [0.05, 0.1) is 0 Å². The number of nitrogens with two attached hydrogens (primary N) is 1. The molecule has 0 saturated carbocycles. The number of rotatable bonds is 3. The highest BCUT2D eigenvalue weighted by molar-refractivity contribution is 9.10. The Balaban J connectivity index is 2.49. The lowest BCUT2D eigenvalue weighted by molar-refractivity contribution is 0.628. The van der Waals surface area contributed by atoms with Crippen LogP contribution in [0.15, 0.2) is 28.9 Å². The van der Waals surface area contributed by atoms with Crippen molar-refractivity contribution in [3.05, 3.63) is 40.5 Å². The van der Waals surface area contributed by atoms with E-state index in [2.05, 4.69) is 20.9 Å². The molecule has 1 aromatic heterocycles. The van der Waals surface area contributed by atoms with Gasteiger partial charge in [0, 0.05) is 19.0 Å². The molecule has 17 heavy (non-hydrogen) atoms. The van der Waals surface area contributed by atoms with Crippen LogP contribution in [0.1, 0.15) is 5.82 Å². The lowest BCUT2D eigenvalue weighted by Gasteiger charge is -1.99. The average Bonchev–Trinajstić information content (AvgIpc) is 2.58. The molecular weight excluding hydrogens is 285 g/mol. The second kappa shape index (κ2) is 4.98. The molecule has 1 heterocycles. The molecule has 0 fully saturated rings. The average molecular weight is 298 g/mol. The lowest BCUT2D eigenvalue weighted by atomic mass is 10.2. The summed E-state index contributed by atoms with van der Waals surface area (Å²) in [5, 5.41) is 0. The molecule has 2 N–H and O–H groups in total. The van der Waals surface area contributed by atoms with Crippen LogP contribution >= 0.6 is 15.9 Å². The molecule has 0 amide bonds. The summed E-state index contributed by atoms with van der Waals surface area (Å²) < 4.78 is 15.9. The van der Waals surface area contributed by atoms with Gasteiger partial charge in [-0.15, -0.1) is 0 Å². The summed E-state index contributed by atoms with van der Waals surface area (Å²) >= 11 is 3.47. The summed E-state index contributed by atoms with van der Waals surface area (Å²) in [4.78, 5) is 4.48. The van der Waals surface area contributed by atoms with Crippen LogP contribution in [-0.4, -0.2) is 16.1 Å². The van der Waals surface area contributed by atoms with Crippen molar-refractivity contribution in [1.29, 1.82) is 0 Å². The van der Waals surface area contributed by atoms with Crippen LogP contribution in [0.4, 0.5) is 4.39 Å².